The molecule has 2 N–H and O–H groups in total. The Kier molecular flexibility index (Phi) is 5.16. The van der Waals surface area contributed by atoms with Gasteiger partial charge in [-0.25, -0.2) is 9.78 Å². The Hall–Kier alpha value is -3.06. The monoisotopic (exact) mass is 379 g/mol. The van der Waals surface area contributed by atoms with E-state index in [0.29, 0.717) is 13.1 Å². The number of nitrogens with zero attached hydrogens (tertiary/aromatic N) is 4. The number of nitrogens with one attached hydrogen (secondary N) is 1. The maximum absolute atomic E-state index is 13.1. The van der Waals surface area contributed by atoms with Gasteiger partial charge in [-0.05, 0) is 36.8 Å². The van der Waals surface area contributed by atoms with Gasteiger partial charge in [-0.2, -0.15) is 0 Å². The number of pyridine rings is 1. The second-order valence-corrected chi connectivity index (χ2v) is 6.90. The summed E-state index contributed by atoms with van der Waals surface area (Å²) in [5.41, 5.74) is 2.66. The van der Waals surface area contributed by atoms with Crippen molar-refractivity contribution in [2.45, 2.75) is 13.5 Å². The van der Waals surface area contributed by atoms with E-state index in [9.17, 15) is 9.90 Å². The molecule has 1 saturated heterocycles. The standard InChI is InChI=1S/C21H25N5O2/c1-2-22-18-4-3-8-23-20(18)24-10-12-25(13-11-24)21(28)26-9-7-17-6-5-16(15-27)14-19(17)26/h3-9,14,22,27H,2,10-13,15H2,1H3. The number of aliphatic hydroxyl groups is 1. The predicted molar refractivity (Wildman–Crippen MR) is 111 cm³/mol. The number of amides is 1. The summed E-state index contributed by atoms with van der Waals surface area (Å²) < 4.78 is 1.68. The summed E-state index contributed by atoms with van der Waals surface area (Å²) >= 11 is 0. The first-order valence-corrected chi connectivity index (χ1v) is 9.65. The molecule has 1 amide bonds. The van der Waals surface area contributed by atoms with Crippen LogP contribution in [-0.4, -0.2) is 58.3 Å². The fraction of sp³-hybridized carbons (Fsp3) is 0.333. The molecule has 3 heterocycles. The van der Waals surface area contributed by atoms with Crippen molar-refractivity contribution in [2.75, 3.05) is 42.9 Å². The van der Waals surface area contributed by atoms with Crippen LogP contribution in [0.4, 0.5) is 16.3 Å². The number of anilines is 2. The summed E-state index contributed by atoms with van der Waals surface area (Å²) in [5, 5.41) is 13.7. The van der Waals surface area contributed by atoms with Crippen LogP contribution in [0.2, 0.25) is 0 Å². The molecule has 7 heteroatoms. The predicted octanol–water partition coefficient (Wildman–Crippen LogP) is 2.75. The molecule has 146 valence electrons. The van der Waals surface area contributed by atoms with Crippen molar-refractivity contribution >= 4 is 28.4 Å². The molecule has 28 heavy (non-hydrogen) atoms. The van der Waals surface area contributed by atoms with E-state index in [-0.39, 0.29) is 12.6 Å². The highest BCUT2D eigenvalue weighted by Crippen LogP contribution is 2.24. The van der Waals surface area contributed by atoms with Gasteiger partial charge in [-0.3, -0.25) is 4.57 Å². The molecule has 0 spiro atoms. The quantitative estimate of drug-likeness (QED) is 0.729. The minimum atomic E-state index is -0.0355. The number of carbonyl (C=O) groups excluding carboxylic acids is 1. The third-order valence-electron chi connectivity index (χ3n) is 5.15. The number of piperazine rings is 1. The van der Waals surface area contributed by atoms with Gasteiger partial charge in [0.2, 0.25) is 0 Å². The summed E-state index contributed by atoms with van der Waals surface area (Å²) in [5.74, 6) is 0.940. The van der Waals surface area contributed by atoms with Crippen LogP contribution < -0.4 is 10.2 Å². The highest BCUT2D eigenvalue weighted by Gasteiger charge is 2.24. The number of aliphatic hydroxyl groups excluding tert-OH is 1. The lowest BCUT2D eigenvalue weighted by atomic mass is 10.2. The van der Waals surface area contributed by atoms with Crippen LogP contribution in [0.15, 0.2) is 48.8 Å². The zero-order valence-corrected chi connectivity index (χ0v) is 16.0. The molecule has 1 aliphatic heterocycles. The molecule has 0 aliphatic carbocycles. The van der Waals surface area contributed by atoms with E-state index in [1.54, 1.807) is 10.8 Å². The van der Waals surface area contributed by atoms with Crippen molar-refractivity contribution in [1.29, 1.82) is 0 Å². The summed E-state index contributed by atoms with van der Waals surface area (Å²) in [6.45, 7) is 5.63. The molecule has 0 atom stereocenters. The number of aromatic nitrogens is 2. The molecular formula is C21H25N5O2. The van der Waals surface area contributed by atoms with Gasteiger partial charge in [0, 0.05) is 50.5 Å². The molecule has 7 nitrogen and oxygen atoms in total. The summed E-state index contributed by atoms with van der Waals surface area (Å²) in [6, 6.07) is 11.6. The number of carbonyl (C=O) groups is 1. The second kappa shape index (κ2) is 7.90. The Morgan fingerprint density at radius 2 is 2.00 bits per heavy atom. The van der Waals surface area contributed by atoms with Crippen molar-refractivity contribution in [1.82, 2.24) is 14.5 Å². The van der Waals surface area contributed by atoms with E-state index in [1.807, 2.05) is 47.5 Å². The maximum atomic E-state index is 13.1. The fourth-order valence-electron chi connectivity index (χ4n) is 3.68. The van der Waals surface area contributed by atoms with Gasteiger partial charge in [-0.15, -0.1) is 0 Å². The molecule has 2 aromatic heterocycles. The van der Waals surface area contributed by atoms with Crippen LogP contribution in [-0.2, 0) is 6.61 Å². The van der Waals surface area contributed by atoms with Crippen LogP contribution in [0.25, 0.3) is 10.9 Å². The van der Waals surface area contributed by atoms with Gasteiger partial charge in [0.15, 0.2) is 5.82 Å². The number of fused-ring (bicyclic) bond motifs is 1. The molecule has 0 unspecified atom stereocenters. The Balaban J connectivity index is 1.49. The van der Waals surface area contributed by atoms with Crippen LogP contribution >= 0.6 is 0 Å². The Morgan fingerprint density at radius 3 is 2.75 bits per heavy atom. The van der Waals surface area contributed by atoms with Crippen molar-refractivity contribution < 1.29 is 9.90 Å². The lowest BCUT2D eigenvalue weighted by Crippen LogP contribution is -2.50. The van der Waals surface area contributed by atoms with Crippen molar-refractivity contribution in [3.63, 3.8) is 0 Å². The SMILES string of the molecule is CCNc1cccnc1N1CCN(C(=O)n2ccc3ccc(CO)cc32)CC1. The third-order valence-corrected chi connectivity index (χ3v) is 5.15. The summed E-state index contributed by atoms with van der Waals surface area (Å²) in [4.78, 5) is 21.7. The molecule has 1 aliphatic rings. The minimum absolute atomic E-state index is 0.0299. The molecule has 0 radical (unpaired) electrons. The molecule has 1 fully saturated rings. The average Bonchev–Trinajstić information content (AvgIpc) is 3.17. The van der Waals surface area contributed by atoms with E-state index in [2.05, 4.69) is 22.1 Å². The highest BCUT2D eigenvalue weighted by molar-refractivity contribution is 5.92. The smallest absolute Gasteiger partial charge is 0.328 e. The normalized spacial score (nSPS) is 14.5. The van der Waals surface area contributed by atoms with Crippen molar-refractivity contribution in [3.8, 4) is 0 Å². The third kappa shape index (κ3) is 3.41. The van der Waals surface area contributed by atoms with Crippen LogP contribution in [0, 0.1) is 0 Å². The molecular weight excluding hydrogens is 354 g/mol. The second-order valence-electron chi connectivity index (χ2n) is 6.90. The Bertz CT molecular complexity index is 976. The first-order valence-electron chi connectivity index (χ1n) is 9.65. The number of hydrogen-bond acceptors (Lipinski definition) is 5. The summed E-state index contributed by atoms with van der Waals surface area (Å²) in [6.07, 6.45) is 3.61. The largest absolute Gasteiger partial charge is 0.392 e. The first-order chi connectivity index (χ1) is 13.7. The fourth-order valence-corrected chi connectivity index (χ4v) is 3.68. The number of rotatable bonds is 4. The zero-order valence-electron chi connectivity index (χ0n) is 16.0. The van der Waals surface area contributed by atoms with Gasteiger partial charge in [-0.1, -0.05) is 12.1 Å². The van der Waals surface area contributed by atoms with E-state index >= 15 is 0 Å². The van der Waals surface area contributed by atoms with Crippen LogP contribution in [0.1, 0.15) is 12.5 Å². The number of benzene rings is 1. The zero-order chi connectivity index (χ0) is 19.5. The Labute approximate surface area is 164 Å². The average molecular weight is 379 g/mol. The van der Waals surface area contributed by atoms with Gasteiger partial charge in [0.25, 0.3) is 0 Å². The van der Waals surface area contributed by atoms with Gasteiger partial charge >= 0.3 is 6.03 Å². The summed E-state index contributed by atoms with van der Waals surface area (Å²) in [7, 11) is 0. The minimum Gasteiger partial charge on any atom is -0.392 e. The van der Waals surface area contributed by atoms with Crippen LogP contribution in [0.3, 0.4) is 0 Å². The van der Waals surface area contributed by atoms with Crippen molar-refractivity contribution in [2.24, 2.45) is 0 Å². The maximum Gasteiger partial charge on any atom is 0.328 e. The van der Waals surface area contributed by atoms with E-state index in [0.717, 1.165) is 47.6 Å². The topological polar surface area (TPSA) is 73.6 Å². The number of hydrogen-bond donors (Lipinski definition) is 2. The molecule has 1 aromatic carbocycles. The Morgan fingerprint density at radius 1 is 1.18 bits per heavy atom. The van der Waals surface area contributed by atoms with E-state index < -0.39 is 0 Å². The lowest BCUT2D eigenvalue weighted by molar-refractivity contribution is 0.197. The highest BCUT2D eigenvalue weighted by atomic mass is 16.3. The lowest BCUT2D eigenvalue weighted by Gasteiger charge is -2.36. The van der Waals surface area contributed by atoms with E-state index in [4.69, 9.17) is 0 Å². The molecule has 4 rings (SSSR count). The molecule has 3 aromatic rings. The van der Waals surface area contributed by atoms with E-state index in [1.165, 1.54) is 0 Å². The first kappa shape index (κ1) is 18.3. The van der Waals surface area contributed by atoms with Gasteiger partial charge in [0.1, 0.15) is 0 Å². The van der Waals surface area contributed by atoms with Gasteiger partial charge < -0.3 is 20.2 Å². The van der Waals surface area contributed by atoms with Crippen LogP contribution in [0.5, 0.6) is 0 Å². The molecule has 0 bridgehead atoms. The van der Waals surface area contributed by atoms with Crippen molar-refractivity contribution in [3.05, 3.63) is 54.4 Å². The van der Waals surface area contributed by atoms with Gasteiger partial charge in [0.05, 0.1) is 17.8 Å². The molecule has 0 saturated carbocycles.